The summed E-state index contributed by atoms with van der Waals surface area (Å²) in [5.41, 5.74) is 2.47. The van der Waals surface area contributed by atoms with E-state index in [1.807, 2.05) is 43.5 Å². The van der Waals surface area contributed by atoms with Crippen molar-refractivity contribution >= 4 is 17.7 Å². The summed E-state index contributed by atoms with van der Waals surface area (Å²) >= 11 is 0. The molecule has 1 amide bonds. The second kappa shape index (κ2) is 11.9. The molecular formula is C31H36N4O4. The Kier molecular flexibility index (Phi) is 8.19. The van der Waals surface area contributed by atoms with Gasteiger partial charge >= 0.3 is 5.97 Å². The third-order valence-corrected chi connectivity index (χ3v) is 8.08. The van der Waals surface area contributed by atoms with Gasteiger partial charge in [-0.2, -0.15) is 0 Å². The number of aromatic nitrogens is 3. The Morgan fingerprint density at radius 1 is 1.08 bits per heavy atom. The number of aromatic amines is 1. The summed E-state index contributed by atoms with van der Waals surface area (Å²) in [6, 6.07) is 13.2. The third kappa shape index (κ3) is 5.95. The minimum Gasteiger partial charge on any atom is -0.449 e. The zero-order chi connectivity index (χ0) is 27.2. The molecule has 8 heteroatoms. The van der Waals surface area contributed by atoms with E-state index in [-0.39, 0.29) is 23.8 Å². The average Bonchev–Trinajstić information content (AvgIpc) is 3.56. The molecule has 1 spiro atoms. The minimum atomic E-state index is -0.717. The number of hydrogen-bond donors (Lipinski definition) is 2. The summed E-state index contributed by atoms with van der Waals surface area (Å²) in [6.07, 6.45) is 10.5. The average molecular weight is 529 g/mol. The Hall–Kier alpha value is -3.81. The highest BCUT2D eigenvalue weighted by Crippen LogP contribution is 2.47. The van der Waals surface area contributed by atoms with Crippen molar-refractivity contribution in [1.29, 1.82) is 0 Å². The fourth-order valence-electron chi connectivity index (χ4n) is 5.77. The molecule has 1 atom stereocenters. The third-order valence-electron chi connectivity index (χ3n) is 8.08. The molecule has 3 aromatic rings. The van der Waals surface area contributed by atoms with Crippen LogP contribution in [0.4, 0.5) is 0 Å². The Morgan fingerprint density at radius 2 is 1.87 bits per heavy atom. The van der Waals surface area contributed by atoms with E-state index < -0.39 is 5.60 Å². The van der Waals surface area contributed by atoms with Crippen molar-refractivity contribution in [3.05, 3.63) is 71.9 Å². The van der Waals surface area contributed by atoms with E-state index in [4.69, 9.17) is 4.74 Å². The molecular weight excluding hydrogens is 492 g/mol. The van der Waals surface area contributed by atoms with E-state index in [0.717, 1.165) is 42.8 Å². The molecule has 1 aliphatic heterocycles. The van der Waals surface area contributed by atoms with Gasteiger partial charge in [0.15, 0.2) is 5.60 Å². The highest BCUT2D eigenvalue weighted by Gasteiger charge is 2.49. The number of carbonyl (C=O) groups excluding carboxylic acids is 3. The number of carbonyl (C=O) groups is 3. The van der Waals surface area contributed by atoms with Crippen LogP contribution in [0.1, 0.15) is 99.1 Å². The zero-order valence-corrected chi connectivity index (χ0v) is 22.4. The number of benzene rings is 1. The van der Waals surface area contributed by atoms with Crippen LogP contribution in [0.15, 0.2) is 54.9 Å². The maximum Gasteiger partial charge on any atom is 0.341 e. The van der Waals surface area contributed by atoms with Gasteiger partial charge in [0, 0.05) is 25.0 Å². The number of unbranched alkanes of at least 4 members (excludes halogenated alkanes) is 2. The van der Waals surface area contributed by atoms with E-state index in [1.54, 1.807) is 18.3 Å². The van der Waals surface area contributed by atoms with Gasteiger partial charge in [-0.3, -0.25) is 14.6 Å². The van der Waals surface area contributed by atoms with Crippen molar-refractivity contribution in [2.75, 3.05) is 0 Å². The first-order valence-corrected chi connectivity index (χ1v) is 14.1. The number of nitrogens with one attached hydrogen (secondary N) is 2. The van der Waals surface area contributed by atoms with Gasteiger partial charge in [-0.15, -0.1) is 0 Å². The molecule has 1 aromatic carbocycles. The predicted octanol–water partition coefficient (Wildman–Crippen LogP) is 5.81. The molecule has 5 rings (SSSR count). The smallest absolute Gasteiger partial charge is 0.341 e. The van der Waals surface area contributed by atoms with Gasteiger partial charge in [0.25, 0.3) is 0 Å². The Labute approximate surface area is 229 Å². The lowest BCUT2D eigenvalue weighted by molar-refractivity contribution is -0.129. The maximum absolute atomic E-state index is 13.5. The molecule has 8 nitrogen and oxygen atoms in total. The van der Waals surface area contributed by atoms with Crippen LogP contribution >= 0.6 is 0 Å². The number of pyridine rings is 1. The van der Waals surface area contributed by atoms with Crippen LogP contribution in [0.2, 0.25) is 0 Å². The summed E-state index contributed by atoms with van der Waals surface area (Å²) in [5, 5.41) is 3.26. The highest BCUT2D eigenvalue weighted by molar-refractivity contribution is 5.94. The number of hydrogen-bond acceptors (Lipinski definition) is 6. The van der Waals surface area contributed by atoms with Crippen LogP contribution < -0.4 is 5.32 Å². The largest absolute Gasteiger partial charge is 0.449 e. The molecule has 204 valence electrons. The van der Waals surface area contributed by atoms with Crippen LogP contribution in [-0.4, -0.2) is 32.6 Å². The number of nitrogens with zero attached hydrogens (tertiary/aromatic N) is 2. The summed E-state index contributed by atoms with van der Waals surface area (Å²) in [6.45, 7) is 1.90. The predicted molar refractivity (Wildman–Crippen MR) is 147 cm³/mol. The molecule has 2 aliphatic rings. The number of ketones is 1. The highest BCUT2D eigenvalue weighted by atomic mass is 16.6. The fraction of sp³-hybridized carbons (Fsp3) is 0.452. The zero-order valence-electron chi connectivity index (χ0n) is 22.4. The molecule has 0 unspecified atom stereocenters. The van der Waals surface area contributed by atoms with Gasteiger partial charge in [0.05, 0.1) is 29.2 Å². The van der Waals surface area contributed by atoms with Gasteiger partial charge in [-0.1, -0.05) is 50.1 Å². The Morgan fingerprint density at radius 3 is 2.64 bits per heavy atom. The molecule has 2 N–H and O–H groups in total. The number of amides is 1. The molecule has 1 saturated carbocycles. The standard InChI is InChI=1S/C31H36N4O4/c1-2-23(36)12-7-4-8-14-25(28-33-20-26(34-28)21-10-5-3-6-11-21)35-29(37)22-15-17-31(18-16-22)27-24(30(38)39-31)13-9-19-32-27/h3,5-6,9-11,13,19-20,22,25H,2,4,7-8,12,14-18H2,1H3,(H,33,34)(H,35,37)/t22-,25-,31-/m0/s1. The number of fused-ring (bicyclic) bond motifs is 2. The quantitative estimate of drug-likeness (QED) is 0.240. The van der Waals surface area contributed by atoms with Crippen molar-refractivity contribution < 1.29 is 19.1 Å². The van der Waals surface area contributed by atoms with E-state index >= 15 is 0 Å². The lowest BCUT2D eigenvalue weighted by atomic mass is 9.76. The number of ether oxygens (including phenoxy) is 1. The number of imidazole rings is 1. The summed E-state index contributed by atoms with van der Waals surface area (Å²) in [4.78, 5) is 50.0. The molecule has 3 heterocycles. The van der Waals surface area contributed by atoms with E-state index in [1.165, 1.54) is 0 Å². The summed E-state index contributed by atoms with van der Waals surface area (Å²) in [5.74, 6) is 0.532. The molecule has 1 fully saturated rings. The first kappa shape index (κ1) is 26.8. The van der Waals surface area contributed by atoms with Gasteiger partial charge < -0.3 is 15.0 Å². The lowest BCUT2D eigenvalue weighted by Gasteiger charge is -2.35. The second-order valence-electron chi connectivity index (χ2n) is 10.7. The van der Waals surface area contributed by atoms with Crippen molar-refractivity contribution in [3.8, 4) is 11.3 Å². The van der Waals surface area contributed by atoms with Crippen LogP contribution in [0.3, 0.4) is 0 Å². The van der Waals surface area contributed by atoms with Crippen molar-refractivity contribution in [2.24, 2.45) is 5.92 Å². The topological polar surface area (TPSA) is 114 Å². The van der Waals surface area contributed by atoms with Crippen molar-refractivity contribution in [1.82, 2.24) is 20.3 Å². The molecule has 0 radical (unpaired) electrons. The van der Waals surface area contributed by atoms with E-state index in [2.05, 4.69) is 20.3 Å². The fourth-order valence-corrected chi connectivity index (χ4v) is 5.77. The molecule has 0 saturated heterocycles. The first-order valence-electron chi connectivity index (χ1n) is 14.1. The van der Waals surface area contributed by atoms with Crippen LogP contribution in [-0.2, 0) is 19.9 Å². The van der Waals surface area contributed by atoms with Crippen molar-refractivity contribution in [3.63, 3.8) is 0 Å². The molecule has 2 aromatic heterocycles. The number of H-pyrrole nitrogens is 1. The normalized spacial score (nSPS) is 20.8. The van der Waals surface area contributed by atoms with Crippen LogP contribution in [0, 0.1) is 5.92 Å². The second-order valence-corrected chi connectivity index (χ2v) is 10.7. The molecule has 1 aliphatic carbocycles. The van der Waals surface area contributed by atoms with Crippen LogP contribution in [0.5, 0.6) is 0 Å². The summed E-state index contributed by atoms with van der Waals surface area (Å²) in [7, 11) is 0. The molecule has 0 bridgehead atoms. The van der Waals surface area contributed by atoms with E-state index in [0.29, 0.717) is 55.6 Å². The first-order chi connectivity index (χ1) is 19.0. The monoisotopic (exact) mass is 528 g/mol. The molecule has 39 heavy (non-hydrogen) atoms. The Balaban J connectivity index is 1.24. The number of esters is 1. The SMILES string of the molecule is CCC(=O)CCCCC[C@H](NC(=O)[C@H]1CC[C@@]2(CC1)OC(=O)c1cccnc12)c1ncc(-c2ccccc2)[nH]1. The Bertz CT molecular complexity index is 1310. The number of rotatable bonds is 11. The van der Waals surface area contributed by atoms with Crippen molar-refractivity contribution in [2.45, 2.75) is 82.8 Å². The lowest BCUT2D eigenvalue weighted by Crippen LogP contribution is -2.40. The minimum absolute atomic E-state index is 0.000704. The maximum atomic E-state index is 13.5. The van der Waals surface area contributed by atoms with Gasteiger partial charge in [-0.25, -0.2) is 9.78 Å². The van der Waals surface area contributed by atoms with Crippen LogP contribution in [0.25, 0.3) is 11.3 Å². The summed E-state index contributed by atoms with van der Waals surface area (Å²) < 4.78 is 5.81. The van der Waals surface area contributed by atoms with Gasteiger partial charge in [0.1, 0.15) is 11.6 Å². The van der Waals surface area contributed by atoms with Gasteiger partial charge in [-0.05, 0) is 56.2 Å². The number of Topliss-reactive ketones (excluding diaryl/α,β-unsaturated/α-hetero) is 1. The van der Waals surface area contributed by atoms with E-state index in [9.17, 15) is 14.4 Å². The van der Waals surface area contributed by atoms with Gasteiger partial charge in [0.2, 0.25) is 5.91 Å².